The Morgan fingerprint density at radius 1 is 1.38 bits per heavy atom. The number of tetrazole rings is 1. The lowest BCUT2D eigenvalue weighted by atomic mass is 10.1. The minimum atomic E-state index is 0.673. The molecule has 0 aliphatic rings. The van der Waals surface area contributed by atoms with Gasteiger partial charge in [-0.05, 0) is 12.3 Å². The van der Waals surface area contributed by atoms with E-state index < -0.39 is 0 Å². The molecule has 1 aromatic heterocycles. The second-order valence-corrected chi connectivity index (χ2v) is 3.37. The lowest BCUT2D eigenvalue weighted by Gasteiger charge is -2.04. The Morgan fingerprint density at radius 3 is 2.85 bits per heavy atom. The van der Waals surface area contributed by atoms with Gasteiger partial charge in [0.2, 0.25) is 0 Å². The number of nitrogens with one attached hydrogen (secondary N) is 1. The van der Waals surface area contributed by atoms with Gasteiger partial charge in [0.1, 0.15) is 0 Å². The standard InChI is InChI=1S/C8H16N4O/c1-7(2)3-5-13-6-4-8-9-11-12-10-8/h7H,3-6H2,1-2H3,(H,9,10,11,12). The Morgan fingerprint density at radius 2 is 2.23 bits per heavy atom. The molecule has 0 amide bonds. The van der Waals surface area contributed by atoms with Crippen molar-refractivity contribution in [3.63, 3.8) is 0 Å². The van der Waals surface area contributed by atoms with Crippen molar-refractivity contribution < 1.29 is 4.74 Å². The van der Waals surface area contributed by atoms with Crippen LogP contribution in [0, 0.1) is 5.92 Å². The van der Waals surface area contributed by atoms with Gasteiger partial charge >= 0.3 is 0 Å². The van der Waals surface area contributed by atoms with Crippen molar-refractivity contribution in [3.05, 3.63) is 5.82 Å². The average molecular weight is 184 g/mol. The first kappa shape index (κ1) is 10.1. The highest BCUT2D eigenvalue weighted by molar-refractivity contribution is 4.74. The zero-order valence-corrected chi connectivity index (χ0v) is 8.16. The van der Waals surface area contributed by atoms with Crippen LogP contribution in [0.5, 0.6) is 0 Å². The van der Waals surface area contributed by atoms with Crippen molar-refractivity contribution in [2.45, 2.75) is 26.7 Å². The zero-order valence-electron chi connectivity index (χ0n) is 8.16. The van der Waals surface area contributed by atoms with E-state index in [0.717, 1.165) is 19.4 Å². The highest BCUT2D eigenvalue weighted by Crippen LogP contribution is 1.99. The van der Waals surface area contributed by atoms with E-state index in [1.807, 2.05) is 0 Å². The summed E-state index contributed by atoms with van der Waals surface area (Å²) in [6.07, 6.45) is 1.83. The Hall–Kier alpha value is -0.970. The summed E-state index contributed by atoms with van der Waals surface area (Å²) < 4.78 is 5.40. The monoisotopic (exact) mass is 184 g/mol. The van der Waals surface area contributed by atoms with E-state index in [9.17, 15) is 0 Å². The molecule has 13 heavy (non-hydrogen) atoms. The fourth-order valence-corrected chi connectivity index (χ4v) is 0.873. The summed E-state index contributed by atoms with van der Waals surface area (Å²) in [4.78, 5) is 0. The molecule has 0 radical (unpaired) electrons. The summed E-state index contributed by atoms with van der Waals surface area (Å²) in [6, 6.07) is 0. The molecule has 1 rings (SSSR count). The van der Waals surface area contributed by atoms with Crippen LogP contribution < -0.4 is 0 Å². The molecule has 0 saturated carbocycles. The van der Waals surface area contributed by atoms with E-state index in [2.05, 4.69) is 34.5 Å². The molecule has 0 spiro atoms. The van der Waals surface area contributed by atoms with Crippen molar-refractivity contribution >= 4 is 0 Å². The minimum Gasteiger partial charge on any atom is -0.381 e. The third-order valence-corrected chi connectivity index (χ3v) is 1.70. The van der Waals surface area contributed by atoms with Crippen LogP contribution in [-0.4, -0.2) is 33.8 Å². The third-order valence-electron chi connectivity index (χ3n) is 1.70. The second-order valence-electron chi connectivity index (χ2n) is 3.37. The van der Waals surface area contributed by atoms with Crippen LogP contribution in [0.25, 0.3) is 0 Å². The predicted octanol–water partition coefficient (Wildman–Crippen LogP) is 0.805. The first-order valence-corrected chi connectivity index (χ1v) is 4.59. The number of hydrogen-bond donors (Lipinski definition) is 1. The molecule has 1 heterocycles. The number of nitrogens with zero attached hydrogens (tertiary/aromatic N) is 3. The van der Waals surface area contributed by atoms with Gasteiger partial charge < -0.3 is 4.74 Å². The van der Waals surface area contributed by atoms with E-state index in [0.29, 0.717) is 18.3 Å². The van der Waals surface area contributed by atoms with Gasteiger partial charge in [-0.3, -0.25) is 0 Å². The van der Waals surface area contributed by atoms with Crippen LogP contribution in [0.15, 0.2) is 0 Å². The predicted molar refractivity (Wildman–Crippen MR) is 48.2 cm³/mol. The number of hydrogen-bond acceptors (Lipinski definition) is 4. The van der Waals surface area contributed by atoms with Gasteiger partial charge in [-0.25, -0.2) is 0 Å². The molecule has 74 valence electrons. The normalized spacial score (nSPS) is 11.0. The smallest absolute Gasteiger partial charge is 0.176 e. The van der Waals surface area contributed by atoms with Crippen molar-refractivity contribution in [1.29, 1.82) is 0 Å². The largest absolute Gasteiger partial charge is 0.381 e. The highest BCUT2D eigenvalue weighted by atomic mass is 16.5. The molecule has 0 fully saturated rings. The molecule has 0 aliphatic carbocycles. The number of ether oxygens (including phenoxy) is 1. The summed E-state index contributed by atoms with van der Waals surface area (Å²) >= 11 is 0. The minimum absolute atomic E-state index is 0.673. The number of H-pyrrole nitrogens is 1. The van der Waals surface area contributed by atoms with Crippen molar-refractivity contribution in [2.24, 2.45) is 5.92 Å². The topological polar surface area (TPSA) is 63.7 Å². The fourth-order valence-electron chi connectivity index (χ4n) is 0.873. The lowest BCUT2D eigenvalue weighted by molar-refractivity contribution is 0.125. The van der Waals surface area contributed by atoms with Gasteiger partial charge in [-0.1, -0.05) is 19.1 Å². The van der Waals surface area contributed by atoms with Crippen LogP contribution in [-0.2, 0) is 11.2 Å². The van der Waals surface area contributed by atoms with Gasteiger partial charge in [0, 0.05) is 13.0 Å². The summed E-state index contributed by atoms with van der Waals surface area (Å²) in [7, 11) is 0. The fraction of sp³-hybridized carbons (Fsp3) is 0.875. The molecule has 0 aliphatic heterocycles. The van der Waals surface area contributed by atoms with Crippen LogP contribution in [0.2, 0.25) is 0 Å². The Bertz CT molecular complexity index is 210. The van der Waals surface area contributed by atoms with Gasteiger partial charge in [0.15, 0.2) is 5.82 Å². The number of rotatable bonds is 6. The van der Waals surface area contributed by atoms with Crippen molar-refractivity contribution in [1.82, 2.24) is 20.6 Å². The molecule has 0 unspecified atom stereocenters. The molecule has 0 saturated heterocycles. The molecular formula is C8H16N4O. The molecule has 5 nitrogen and oxygen atoms in total. The van der Waals surface area contributed by atoms with Crippen LogP contribution >= 0.6 is 0 Å². The zero-order chi connectivity index (χ0) is 9.52. The summed E-state index contributed by atoms with van der Waals surface area (Å²) in [5, 5.41) is 13.5. The molecule has 0 aromatic carbocycles. The molecule has 0 atom stereocenters. The van der Waals surface area contributed by atoms with Gasteiger partial charge in [0.05, 0.1) is 6.61 Å². The summed E-state index contributed by atoms with van der Waals surface area (Å²) in [5.41, 5.74) is 0. The molecule has 5 heteroatoms. The third kappa shape index (κ3) is 4.57. The average Bonchev–Trinajstić information content (AvgIpc) is 2.55. The maximum atomic E-state index is 5.40. The Kier molecular flexibility index (Phi) is 4.39. The second kappa shape index (κ2) is 5.64. The summed E-state index contributed by atoms with van der Waals surface area (Å²) in [5.74, 6) is 1.41. The van der Waals surface area contributed by atoms with Crippen LogP contribution in [0.3, 0.4) is 0 Å². The maximum absolute atomic E-state index is 5.40. The van der Waals surface area contributed by atoms with Gasteiger partial charge in [-0.15, -0.1) is 10.2 Å². The summed E-state index contributed by atoms with van der Waals surface area (Å²) in [6.45, 7) is 5.85. The van der Waals surface area contributed by atoms with Gasteiger partial charge in [0.25, 0.3) is 0 Å². The first-order chi connectivity index (χ1) is 6.29. The van der Waals surface area contributed by atoms with Crippen molar-refractivity contribution in [2.75, 3.05) is 13.2 Å². The quantitative estimate of drug-likeness (QED) is 0.664. The van der Waals surface area contributed by atoms with Crippen molar-refractivity contribution in [3.8, 4) is 0 Å². The molecule has 1 N–H and O–H groups in total. The van der Waals surface area contributed by atoms with E-state index in [-0.39, 0.29) is 0 Å². The van der Waals surface area contributed by atoms with E-state index >= 15 is 0 Å². The molecule has 0 bridgehead atoms. The molecule has 1 aromatic rings. The lowest BCUT2D eigenvalue weighted by Crippen LogP contribution is -2.03. The van der Waals surface area contributed by atoms with Crippen LogP contribution in [0.1, 0.15) is 26.1 Å². The van der Waals surface area contributed by atoms with Gasteiger partial charge in [-0.2, -0.15) is 5.21 Å². The molecular weight excluding hydrogens is 168 g/mol. The highest BCUT2D eigenvalue weighted by Gasteiger charge is 1.98. The van der Waals surface area contributed by atoms with E-state index in [4.69, 9.17) is 4.74 Å². The number of aromatic nitrogens is 4. The first-order valence-electron chi connectivity index (χ1n) is 4.59. The Balaban J connectivity index is 1.96. The number of aromatic amines is 1. The maximum Gasteiger partial charge on any atom is 0.176 e. The van der Waals surface area contributed by atoms with Crippen LogP contribution in [0.4, 0.5) is 0 Å². The Labute approximate surface area is 77.9 Å². The SMILES string of the molecule is CC(C)CCOCCc1nn[nH]n1. The van der Waals surface area contributed by atoms with E-state index in [1.165, 1.54) is 0 Å². The van der Waals surface area contributed by atoms with E-state index in [1.54, 1.807) is 0 Å².